The Bertz CT molecular complexity index is 1770. The predicted octanol–water partition coefficient (Wildman–Crippen LogP) is 4.91. The van der Waals surface area contributed by atoms with Crippen LogP contribution in [0.5, 0.6) is 5.75 Å². The van der Waals surface area contributed by atoms with Crippen molar-refractivity contribution in [2.75, 3.05) is 18.0 Å². The molecule has 0 bridgehead atoms. The molecule has 1 saturated heterocycles. The maximum Gasteiger partial charge on any atom is 0.333 e. The number of halogens is 3. The van der Waals surface area contributed by atoms with Gasteiger partial charge in [-0.2, -0.15) is 24.2 Å². The number of alkyl halides is 2. The van der Waals surface area contributed by atoms with Gasteiger partial charge in [-0.05, 0) is 36.4 Å². The molecule has 8 nitrogen and oxygen atoms in total. The fourth-order valence-electron chi connectivity index (χ4n) is 4.47. The van der Waals surface area contributed by atoms with Crippen LogP contribution in [0.4, 0.5) is 19.0 Å². The number of terminal acetylenes is 1. The molecule has 0 atom stereocenters. The minimum atomic E-state index is -2.76. The largest absolute Gasteiger partial charge is 0.484 e. The average molecular weight is 525 g/mol. The Hall–Kier alpha value is -5.29. The summed E-state index contributed by atoms with van der Waals surface area (Å²) < 4.78 is 48.2. The van der Waals surface area contributed by atoms with Crippen LogP contribution in [0.25, 0.3) is 27.8 Å². The summed E-state index contributed by atoms with van der Waals surface area (Å²) >= 11 is 0. The minimum Gasteiger partial charge on any atom is -0.484 e. The van der Waals surface area contributed by atoms with Gasteiger partial charge in [0.25, 0.3) is 0 Å². The van der Waals surface area contributed by atoms with E-state index in [-0.39, 0.29) is 11.9 Å². The second kappa shape index (κ2) is 9.54. The van der Waals surface area contributed by atoms with Crippen LogP contribution in [-0.2, 0) is 0 Å². The number of rotatable bonds is 6. The monoisotopic (exact) mass is 525 g/mol. The molecule has 6 rings (SSSR count). The Morgan fingerprint density at radius 3 is 2.51 bits per heavy atom. The second-order valence-corrected chi connectivity index (χ2v) is 8.93. The maximum atomic E-state index is 14.2. The summed E-state index contributed by atoms with van der Waals surface area (Å²) in [5.41, 5.74) is 3.86. The van der Waals surface area contributed by atoms with E-state index in [1.807, 2.05) is 17.0 Å². The first-order valence-electron chi connectivity index (χ1n) is 11.8. The summed E-state index contributed by atoms with van der Waals surface area (Å²) in [5, 5.41) is 17.6. The Balaban J connectivity index is 1.24. The molecule has 1 aliphatic heterocycles. The van der Waals surface area contributed by atoms with Gasteiger partial charge in [0.1, 0.15) is 18.0 Å². The Morgan fingerprint density at radius 2 is 1.85 bits per heavy atom. The summed E-state index contributed by atoms with van der Waals surface area (Å²) in [7, 11) is 0. The van der Waals surface area contributed by atoms with E-state index in [0.29, 0.717) is 62.5 Å². The van der Waals surface area contributed by atoms with Crippen molar-refractivity contribution in [1.29, 1.82) is 5.26 Å². The first kappa shape index (κ1) is 24.1. The minimum absolute atomic E-state index is 0.152. The first-order valence-corrected chi connectivity index (χ1v) is 11.8. The van der Waals surface area contributed by atoms with Gasteiger partial charge in [0.2, 0.25) is 0 Å². The summed E-state index contributed by atoms with van der Waals surface area (Å²) in [6, 6.07) is 12.1. The van der Waals surface area contributed by atoms with Gasteiger partial charge in [-0.25, -0.2) is 18.6 Å². The molecular formula is C28H18F3N7O. The number of fused-ring (bicyclic) bond motifs is 1. The molecule has 192 valence electrons. The molecule has 5 aromatic rings. The second-order valence-electron chi connectivity index (χ2n) is 8.93. The van der Waals surface area contributed by atoms with E-state index in [1.54, 1.807) is 29.0 Å². The van der Waals surface area contributed by atoms with Crippen LogP contribution in [0, 0.1) is 29.5 Å². The van der Waals surface area contributed by atoms with Gasteiger partial charge < -0.3 is 9.64 Å². The van der Waals surface area contributed by atoms with Gasteiger partial charge in [0.05, 0.1) is 36.6 Å². The molecular weight excluding hydrogens is 507 g/mol. The van der Waals surface area contributed by atoms with E-state index >= 15 is 0 Å². The Morgan fingerprint density at radius 1 is 1.00 bits per heavy atom. The molecule has 4 aromatic heterocycles. The zero-order valence-corrected chi connectivity index (χ0v) is 20.2. The van der Waals surface area contributed by atoms with Gasteiger partial charge in [-0.3, -0.25) is 0 Å². The number of benzene rings is 1. The predicted molar refractivity (Wildman–Crippen MR) is 137 cm³/mol. The van der Waals surface area contributed by atoms with Crippen LogP contribution < -0.4 is 9.64 Å². The molecule has 0 spiro atoms. The molecule has 11 heteroatoms. The van der Waals surface area contributed by atoms with Crippen LogP contribution >= 0.6 is 0 Å². The zero-order chi connectivity index (χ0) is 27.1. The lowest BCUT2D eigenvalue weighted by Gasteiger charge is -2.39. The molecule has 39 heavy (non-hydrogen) atoms. The third kappa shape index (κ3) is 4.40. The van der Waals surface area contributed by atoms with E-state index in [0.717, 1.165) is 0 Å². The highest BCUT2D eigenvalue weighted by Gasteiger charge is 2.30. The van der Waals surface area contributed by atoms with E-state index in [2.05, 4.69) is 27.2 Å². The van der Waals surface area contributed by atoms with Crippen molar-refractivity contribution in [3.63, 3.8) is 0 Å². The van der Waals surface area contributed by atoms with E-state index < -0.39 is 12.4 Å². The molecule has 1 aromatic carbocycles. The Labute approximate surface area is 220 Å². The van der Waals surface area contributed by atoms with E-state index in [9.17, 15) is 18.4 Å². The van der Waals surface area contributed by atoms with Crippen molar-refractivity contribution < 1.29 is 17.9 Å². The molecule has 1 aliphatic rings. The van der Waals surface area contributed by atoms with Crippen LogP contribution in [-0.4, -0.2) is 43.6 Å². The summed E-state index contributed by atoms with van der Waals surface area (Å²) in [6.07, 6.45) is 12.5. The molecule has 0 unspecified atom stereocenters. The van der Waals surface area contributed by atoms with Gasteiger partial charge >= 0.3 is 6.55 Å². The summed E-state index contributed by atoms with van der Waals surface area (Å²) in [5.74, 6) is 2.75. The Kier molecular flexibility index (Phi) is 5.89. The molecule has 0 radical (unpaired) electrons. The normalized spacial score (nSPS) is 13.3. The molecule has 5 heterocycles. The number of nitriles is 1. The molecule has 0 aliphatic carbocycles. The van der Waals surface area contributed by atoms with Crippen molar-refractivity contribution in [2.24, 2.45) is 0 Å². The fourth-order valence-corrected chi connectivity index (χ4v) is 4.47. The van der Waals surface area contributed by atoms with Crippen LogP contribution in [0.3, 0.4) is 0 Å². The van der Waals surface area contributed by atoms with Crippen molar-refractivity contribution >= 4 is 11.3 Å². The van der Waals surface area contributed by atoms with Crippen LogP contribution in [0.1, 0.15) is 17.7 Å². The molecule has 0 saturated carbocycles. The van der Waals surface area contributed by atoms with Crippen molar-refractivity contribution in [3.8, 4) is 46.4 Å². The van der Waals surface area contributed by atoms with Crippen LogP contribution in [0.15, 0.2) is 67.4 Å². The third-order valence-electron chi connectivity index (χ3n) is 6.49. The summed E-state index contributed by atoms with van der Waals surface area (Å²) in [6.45, 7) is -1.71. The highest BCUT2D eigenvalue weighted by molar-refractivity contribution is 5.87. The number of ether oxygens (including phenoxy) is 1. The van der Waals surface area contributed by atoms with Crippen molar-refractivity contribution in [2.45, 2.75) is 12.7 Å². The highest BCUT2D eigenvalue weighted by Crippen LogP contribution is 2.33. The summed E-state index contributed by atoms with van der Waals surface area (Å²) in [4.78, 5) is 6.57. The standard InChI is InChI=1S/C28H18F3N7O/c1-2-17-3-5-25(24(29)7-17)39-22-15-36(16-22)26-6-4-18(10-33-26)23-8-19(21-12-35-38(14-21)28(30)31)13-37-27(23)20(9-32)11-34-37/h1,3-8,10-14,22,28H,15-16H2. The average Bonchev–Trinajstić information content (AvgIpc) is 3.58. The number of hydrogen-bond donors (Lipinski definition) is 0. The topological polar surface area (TPSA) is 84.3 Å². The maximum absolute atomic E-state index is 14.2. The zero-order valence-electron chi connectivity index (χ0n) is 20.2. The van der Waals surface area contributed by atoms with Gasteiger partial charge in [0, 0.05) is 46.4 Å². The highest BCUT2D eigenvalue weighted by atomic mass is 19.3. The smallest absolute Gasteiger partial charge is 0.333 e. The fraction of sp³-hybridized carbons (Fsp3) is 0.143. The lowest BCUT2D eigenvalue weighted by Crippen LogP contribution is -2.54. The number of hydrogen-bond acceptors (Lipinski definition) is 6. The number of nitrogens with zero attached hydrogens (tertiary/aromatic N) is 7. The number of aromatic nitrogens is 5. The van der Waals surface area contributed by atoms with E-state index in [4.69, 9.17) is 11.2 Å². The van der Waals surface area contributed by atoms with Gasteiger partial charge in [-0.15, -0.1) is 6.42 Å². The lowest BCUT2D eigenvalue weighted by molar-refractivity contribution is 0.0566. The molecule has 1 fully saturated rings. The van der Waals surface area contributed by atoms with Gasteiger partial charge in [-0.1, -0.05) is 5.92 Å². The van der Waals surface area contributed by atoms with Crippen LogP contribution in [0.2, 0.25) is 0 Å². The molecule has 0 amide bonds. The third-order valence-corrected chi connectivity index (χ3v) is 6.49. The number of pyridine rings is 2. The van der Waals surface area contributed by atoms with Crippen molar-refractivity contribution in [1.82, 2.24) is 24.4 Å². The lowest BCUT2D eigenvalue weighted by atomic mass is 10.0. The van der Waals surface area contributed by atoms with Gasteiger partial charge in [0.15, 0.2) is 11.6 Å². The quantitative estimate of drug-likeness (QED) is 0.293. The molecule has 0 N–H and O–H groups in total. The SMILES string of the molecule is C#Cc1ccc(OC2CN(c3ccc(-c4cc(-c5cnn(C(F)F)c5)cn5ncc(C#N)c45)cn3)C2)c(F)c1. The van der Waals surface area contributed by atoms with E-state index in [1.165, 1.54) is 30.7 Å². The first-order chi connectivity index (χ1) is 18.9. The number of anilines is 1. The van der Waals surface area contributed by atoms with Crippen molar-refractivity contribution in [3.05, 3.63) is 84.3 Å².